The summed E-state index contributed by atoms with van der Waals surface area (Å²) in [6.07, 6.45) is 3.37. The Labute approximate surface area is 256 Å². The average molecular weight is 600 g/mol. The molecular formula is C34H38FN5O4. The van der Waals surface area contributed by atoms with Crippen LogP contribution in [0.2, 0.25) is 0 Å². The van der Waals surface area contributed by atoms with Gasteiger partial charge >= 0.3 is 0 Å². The maximum atomic E-state index is 14.2. The number of amides is 2. The Kier molecular flexibility index (Phi) is 9.53. The van der Waals surface area contributed by atoms with E-state index in [4.69, 9.17) is 5.11 Å². The zero-order chi connectivity index (χ0) is 31.3. The third-order valence-corrected chi connectivity index (χ3v) is 7.85. The third-order valence-electron chi connectivity index (χ3n) is 7.85. The minimum Gasteiger partial charge on any atom is -0.394 e. The Morgan fingerprint density at radius 1 is 1.14 bits per heavy atom. The van der Waals surface area contributed by atoms with E-state index in [0.717, 1.165) is 28.1 Å². The SMILES string of the molecule is CC(C)(CC(=O)N[C@@H]1CCc2cc(F)ccc2N(Cc2ccc(-c3ccccc3-c3ncc[nH]3)cc2)C1=O)NC[C@H](O)CO. The zero-order valence-corrected chi connectivity index (χ0v) is 24.9. The number of aromatic nitrogens is 2. The number of halogens is 1. The summed E-state index contributed by atoms with van der Waals surface area (Å²) < 4.78 is 14.2. The highest BCUT2D eigenvalue weighted by molar-refractivity contribution is 6.00. The molecule has 0 spiro atoms. The number of hydrogen-bond donors (Lipinski definition) is 5. The molecule has 2 heterocycles. The van der Waals surface area contributed by atoms with Crippen LogP contribution in [0.25, 0.3) is 22.5 Å². The third kappa shape index (κ3) is 7.39. The first-order valence-corrected chi connectivity index (χ1v) is 14.7. The van der Waals surface area contributed by atoms with Crippen molar-refractivity contribution in [1.82, 2.24) is 20.6 Å². The highest BCUT2D eigenvalue weighted by Crippen LogP contribution is 2.32. The number of nitrogens with zero attached hydrogens (tertiary/aromatic N) is 2. The summed E-state index contributed by atoms with van der Waals surface area (Å²) in [7, 11) is 0. The van der Waals surface area contributed by atoms with Crippen molar-refractivity contribution >= 4 is 17.5 Å². The average Bonchev–Trinajstić information content (AvgIpc) is 3.52. The van der Waals surface area contributed by atoms with Crippen molar-refractivity contribution in [3.05, 3.63) is 96.1 Å². The highest BCUT2D eigenvalue weighted by Gasteiger charge is 2.33. The second kappa shape index (κ2) is 13.5. The monoisotopic (exact) mass is 599 g/mol. The topological polar surface area (TPSA) is 131 Å². The molecule has 5 N–H and O–H groups in total. The second-order valence-corrected chi connectivity index (χ2v) is 11.8. The van der Waals surface area contributed by atoms with Crippen molar-refractivity contribution in [3.8, 4) is 22.5 Å². The molecule has 10 heteroatoms. The Hall–Kier alpha value is -4.38. The molecule has 3 aromatic carbocycles. The van der Waals surface area contributed by atoms with E-state index in [2.05, 4.69) is 20.6 Å². The standard InChI is InChI=1S/C34H38FN5O4/c1-34(2,38-19-26(42)21-41)18-31(43)39-29-13-11-24-17-25(35)12-14-30(24)40(33(29)44)20-22-7-9-23(10-8-22)27-5-3-4-6-28(27)32-36-15-16-37-32/h3-10,12,14-17,26,29,38,41-42H,11,13,18-21H2,1-2H3,(H,36,37)(H,39,43)/t26-,29+/m0/s1. The number of aliphatic hydroxyl groups is 2. The molecule has 230 valence electrons. The predicted octanol–water partition coefficient (Wildman–Crippen LogP) is 3.96. The van der Waals surface area contributed by atoms with Gasteiger partial charge in [-0.1, -0.05) is 48.5 Å². The van der Waals surface area contributed by atoms with Gasteiger partial charge in [-0.3, -0.25) is 9.59 Å². The van der Waals surface area contributed by atoms with Gasteiger partial charge in [-0.25, -0.2) is 9.37 Å². The first kappa shape index (κ1) is 31.1. The number of rotatable bonds is 11. The van der Waals surface area contributed by atoms with Gasteiger partial charge in [0.25, 0.3) is 0 Å². The van der Waals surface area contributed by atoms with Crippen LogP contribution < -0.4 is 15.5 Å². The van der Waals surface area contributed by atoms with Crippen LogP contribution >= 0.6 is 0 Å². The minimum atomic E-state index is -0.937. The minimum absolute atomic E-state index is 0.0530. The quantitative estimate of drug-likeness (QED) is 0.178. The summed E-state index contributed by atoms with van der Waals surface area (Å²) >= 11 is 0. The summed E-state index contributed by atoms with van der Waals surface area (Å²) in [5.74, 6) is -0.191. The number of anilines is 1. The lowest BCUT2D eigenvalue weighted by atomic mass is 9.98. The van der Waals surface area contributed by atoms with Crippen LogP contribution in [-0.4, -0.2) is 62.8 Å². The van der Waals surface area contributed by atoms with Crippen LogP contribution in [0.4, 0.5) is 10.1 Å². The van der Waals surface area contributed by atoms with E-state index in [0.29, 0.717) is 24.1 Å². The lowest BCUT2D eigenvalue weighted by Gasteiger charge is -2.29. The molecule has 9 nitrogen and oxygen atoms in total. The number of aliphatic hydroxyl groups excluding tert-OH is 2. The Bertz CT molecular complexity index is 1590. The van der Waals surface area contributed by atoms with Crippen LogP contribution in [0.15, 0.2) is 79.1 Å². The summed E-state index contributed by atoms with van der Waals surface area (Å²) in [5, 5.41) is 24.7. The number of aromatic amines is 1. The van der Waals surface area contributed by atoms with Crippen molar-refractivity contribution in [1.29, 1.82) is 0 Å². The summed E-state index contributed by atoms with van der Waals surface area (Å²) in [5.41, 5.74) is 4.53. The Morgan fingerprint density at radius 3 is 2.59 bits per heavy atom. The molecule has 1 aromatic heterocycles. The van der Waals surface area contributed by atoms with Crippen molar-refractivity contribution in [2.24, 2.45) is 0 Å². The van der Waals surface area contributed by atoms with Gasteiger partial charge in [0.15, 0.2) is 0 Å². The van der Waals surface area contributed by atoms with Gasteiger partial charge in [-0.2, -0.15) is 0 Å². The highest BCUT2D eigenvalue weighted by atomic mass is 19.1. The van der Waals surface area contributed by atoms with Gasteiger partial charge in [0.2, 0.25) is 11.8 Å². The molecule has 0 fully saturated rings. The molecule has 0 bridgehead atoms. The molecule has 2 amide bonds. The Balaban J connectivity index is 1.35. The number of imidazole rings is 1. The van der Waals surface area contributed by atoms with Gasteiger partial charge < -0.3 is 30.7 Å². The normalized spacial score (nSPS) is 15.9. The number of hydrogen-bond acceptors (Lipinski definition) is 6. The van der Waals surface area contributed by atoms with Gasteiger partial charge in [0.05, 0.1) is 19.3 Å². The largest absolute Gasteiger partial charge is 0.394 e. The smallest absolute Gasteiger partial charge is 0.249 e. The molecule has 0 aliphatic carbocycles. The lowest BCUT2D eigenvalue weighted by molar-refractivity contribution is -0.128. The van der Waals surface area contributed by atoms with Crippen LogP contribution in [0.5, 0.6) is 0 Å². The van der Waals surface area contributed by atoms with E-state index in [-0.39, 0.29) is 43.7 Å². The summed E-state index contributed by atoms with van der Waals surface area (Å²) in [6.45, 7) is 3.61. The predicted molar refractivity (Wildman–Crippen MR) is 167 cm³/mol. The number of carbonyl (C=O) groups is 2. The van der Waals surface area contributed by atoms with E-state index in [9.17, 15) is 19.1 Å². The number of aryl methyl sites for hydroxylation is 1. The van der Waals surface area contributed by atoms with Crippen LogP contribution in [0.3, 0.4) is 0 Å². The molecule has 5 rings (SSSR count). The number of benzene rings is 3. The maximum Gasteiger partial charge on any atom is 0.249 e. The maximum absolute atomic E-state index is 14.2. The van der Waals surface area contributed by atoms with Gasteiger partial charge in [0, 0.05) is 42.1 Å². The first-order valence-electron chi connectivity index (χ1n) is 14.7. The van der Waals surface area contributed by atoms with Crippen molar-refractivity contribution < 1.29 is 24.2 Å². The summed E-state index contributed by atoms with van der Waals surface area (Å²) in [6, 6.07) is 19.6. The number of β-amino-alcohol motifs (C(OH)–C–C–N with tert-alkyl or cyclic N) is 1. The summed E-state index contributed by atoms with van der Waals surface area (Å²) in [4.78, 5) is 36.2. The van der Waals surface area contributed by atoms with Crippen molar-refractivity contribution in [2.75, 3.05) is 18.1 Å². The van der Waals surface area contributed by atoms with Gasteiger partial charge in [-0.05, 0) is 67.1 Å². The molecule has 4 aromatic rings. The number of carbonyl (C=O) groups excluding carboxylic acids is 2. The van der Waals surface area contributed by atoms with Gasteiger partial charge in [-0.15, -0.1) is 0 Å². The van der Waals surface area contributed by atoms with Crippen LogP contribution in [-0.2, 0) is 22.6 Å². The van der Waals surface area contributed by atoms with E-state index < -0.39 is 17.7 Å². The molecule has 0 saturated heterocycles. The molecule has 0 unspecified atom stereocenters. The number of fused-ring (bicyclic) bond motifs is 1. The number of nitrogens with one attached hydrogen (secondary N) is 3. The molecule has 1 aliphatic rings. The van der Waals surface area contributed by atoms with Gasteiger partial charge in [0.1, 0.15) is 17.7 Å². The van der Waals surface area contributed by atoms with Crippen LogP contribution in [0, 0.1) is 5.82 Å². The molecule has 0 saturated carbocycles. The molecule has 2 atom stereocenters. The lowest BCUT2D eigenvalue weighted by Crippen LogP contribution is -2.51. The van der Waals surface area contributed by atoms with Crippen LogP contribution in [0.1, 0.15) is 37.8 Å². The fourth-order valence-corrected chi connectivity index (χ4v) is 5.54. The van der Waals surface area contributed by atoms with Crippen molar-refractivity contribution in [2.45, 2.75) is 57.3 Å². The van der Waals surface area contributed by atoms with Crippen molar-refractivity contribution in [3.63, 3.8) is 0 Å². The van der Waals surface area contributed by atoms with E-state index in [1.54, 1.807) is 23.4 Å². The molecule has 44 heavy (non-hydrogen) atoms. The van der Waals surface area contributed by atoms with E-state index in [1.165, 1.54) is 12.1 Å². The van der Waals surface area contributed by atoms with E-state index >= 15 is 0 Å². The first-order chi connectivity index (χ1) is 21.1. The van der Waals surface area contributed by atoms with E-state index in [1.807, 2.05) is 62.4 Å². The molecule has 0 radical (unpaired) electrons. The molecule has 1 aliphatic heterocycles. The number of H-pyrrole nitrogens is 1. The fourth-order valence-electron chi connectivity index (χ4n) is 5.54. The Morgan fingerprint density at radius 2 is 1.89 bits per heavy atom. The zero-order valence-electron chi connectivity index (χ0n) is 24.9. The second-order valence-electron chi connectivity index (χ2n) is 11.8. The molecular weight excluding hydrogens is 561 g/mol. The fraction of sp³-hybridized carbons (Fsp3) is 0.324.